The third-order valence-electron chi connectivity index (χ3n) is 6.31. The monoisotopic (exact) mass is 451 g/mol. The van der Waals surface area contributed by atoms with Gasteiger partial charge in [-0.05, 0) is 51.9 Å². The lowest BCUT2D eigenvalue weighted by Gasteiger charge is -2.42. The molecule has 0 aromatic rings. The quantitative estimate of drug-likeness (QED) is 0.429. The minimum Gasteiger partial charge on any atom is -0.463 e. The van der Waals surface area contributed by atoms with E-state index in [1.54, 1.807) is 31.9 Å². The molecular weight excluding hydrogens is 406 g/mol. The summed E-state index contributed by atoms with van der Waals surface area (Å²) in [5.74, 6) is -0.0159. The maximum atomic E-state index is 13.3. The first-order valence-corrected chi connectivity index (χ1v) is 12.0. The van der Waals surface area contributed by atoms with Crippen molar-refractivity contribution in [2.24, 2.45) is 11.3 Å². The zero-order valence-electron chi connectivity index (χ0n) is 21.7. The summed E-state index contributed by atoms with van der Waals surface area (Å²) in [4.78, 5) is 42.2. The minimum atomic E-state index is -0.658. The Hall–Kier alpha value is -1.89. The highest BCUT2D eigenvalue weighted by molar-refractivity contribution is 5.91. The van der Waals surface area contributed by atoms with Crippen LogP contribution in [0.4, 0.5) is 0 Å². The van der Waals surface area contributed by atoms with Gasteiger partial charge in [-0.15, -0.1) is 0 Å². The average molecular weight is 452 g/mol. The number of nitrogens with one attached hydrogen (secondary N) is 1. The Balaban J connectivity index is 2.94. The summed E-state index contributed by atoms with van der Waals surface area (Å²) >= 11 is 0. The number of piperidine rings is 1. The van der Waals surface area contributed by atoms with Gasteiger partial charge in [-0.25, -0.2) is 4.79 Å². The molecule has 1 fully saturated rings. The van der Waals surface area contributed by atoms with Crippen LogP contribution in [0.15, 0.2) is 11.6 Å². The molecule has 2 amide bonds. The van der Waals surface area contributed by atoms with Gasteiger partial charge in [0.15, 0.2) is 0 Å². The molecule has 1 rings (SSSR count). The van der Waals surface area contributed by atoms with Gasteiger partial charge in [0.2, 0.25) is 11.8 Å². The van der Waals surface area contributed by atoms with E-state index in [1.165, 1.54) is 0 Å². The normalized spacial score (nSPS) is 21.2. The lowest BCUT2D eigenvalue weighted by atomic mass is 9.84. The molecule has 184 valence electrons. The molecule has 3 atom stereocenters. The molecule has 0 aliphatic carbocycles. The molecule has 0 aromatic carbocycles. The smallest absolute Gasteiger partial charge is 0.333 e. The number of carbonyl (C=O) groups excluding carboxylic acids is 3. The van der Waals surface area contributed by atoms with Gasteiger partial charge >= 0.3 is 5.97 Å². The third kappa shape index (κ3) is 7.91. The summed E-state index contributed by atoms with van der Waals surface area (Å²) in [6, 6.07) is -0.608. The molecule has 7 heteroatoms. The van der Waals surface area contributed by atoms with Crippen molar-refractivity contribution in [3.63, 3.8) is 0 Å². The second kappa shape index (κ2) is 12.4. The summed E-state index contributed by atoms with van der Waals surface area (Å²) in [5, 5.41) is 3.07. The van der Waals surface area contributed by atoms with Crippen LogP contribution in [0.1, 0.15) is 74.7 Å². The number of nitrogens with zero attached hydrogens (tertiary/aromatic N) is 2. The highest BCUT2D eigenvalue weighted by Gasteiger charge is 2.39. The fraction of sp³-hybridized carbons (Fsp3) is 0.800. The molecule has 1 saturated heterocycles. The second-order valence-corrected chi connectivity index (χ2v) is 10.3. The van der Waals surface area contributed by atoms with Crippen molar-refractivity contribution in [2.75, 3.05) is 26.7 Å². The van der Waals surface area contributed by atoms with Crippen LogP contribution in [0.25, 0.3) is 0 Å². The van der Waals surface area contributed by atoms with Crippen molar-refractivity contribution in [3.05, 3.63) is 11.6 Å². The molecule has 0 aromatic heterocycles. The second-order valence-electron chi connectivity index (χ2n) is 10.3. The first-order chi connectivity index (χ1) is 14.8. The Morgan fingerprint density at radius 2 is 1.81 bits per heavy atom. The van der Waals surface area contributed by atoms with E-state index >= 15 is 0 Å². The first kappa shape index (κ1) is 28.1. The summed E-state index contributed by atoms with van der Waals surface area (Å²) in [6.45, 7) is 17.2. The molecule has 0 saturated carbocycles. The molecule has 0 spiro atoms. The number of likely N-dealkylation sites (N-methyl/N-ethyl adjacent to an activating group) is 1. The Kier molecular flexibility index (Phi) is 10.9. The van der Waals surface area contributed by atoms with Crippen LogP contribution >= 0.6 is 0 Å². The van der Waals surface area contributed by atoms with Crippen LogP contribution in [0, 0.1) is 11.3 Å². The van der Waals surface area contributed by atoms with Gasteiger partial charge in [0, 0.05) is 31.8 Å². The minimum absolute atomic E-state index is 0.0758. The molecule has 1 aliphatic rings. The lowest BCUT2D eigenvalue weighted by Crippen LogP contribution is -2.60. The summed E-state index contributed by atoms with van der Waals surface area (Å²) in [7, 11) is 1.69. The molecule has 1 N–H and O–H groups in total. The van der Waals surface area contributed by atoms with Gasteiger partial charge in [0.1, 0.15) is 6.04 Å². The van der Waals surface area contributed by atoms with Crippen LogP contribution in [0.5, 0.6) is 0 Å². The van der Waals surface area contributed by atoms with Crippen LogP contribution in [0.3, 0.4) is 0 Å². The molecule has 3 unspecified atom stereocenters. The molecule has 32 heavy (non-hydrogen) atoms. The number of rotatable bonds is 9. The van der Waals surface area contributed by atoms with E-state index in [1.807, 2.05) is 20.8 Å². The number of ether oxygens (including phenoxy) is 1. The van der Waals surface area contributed by atoms with Crippen molar-refractivity contribution in [2.45, 2.75) is 92.8 Å². The molecule has 7 nitrogen and oxygen atoms in total. The standard InChI is InChI=1S/C25H45N3O4/c1-10-19-12-13-20(28(16-19)17(3)4)22(29)26-21(25(6,7)8)23(30)27(9)15-14-18(5)24(31)32-11-2/h14,17,19-21H,10-13,15-16H2,1-9H3,(H,26,29)/b18-14+. The topological polar surface area (TPSA) is 79.0 Å². The van der Waals surface area contributed by atoms with E-state index in [-0.39, 0.29) is 36.4 Å². The zero-order chi connectivity index (χ0) is 24.6. The van der Waals surface area contributed by atoms with Crippen LogP contribution in [-0.4, -0.2) is 72.5 Å². The molecular formula is C25H45N3O4. The maximum absolute atomic E-state index is 13.3. The van der Waals surface area contributed by atoms with Crippen molar-refractivity contribution >= 4 is 17.8 Å². The third-order valence-corrected chi connectivity index (χ3v) is 6.31. The average Bonchev–Trinajstić information content (AvgIpc) is 2.73. The number of amides is 2. The number of esters is 1. The highest BCUT2D eigenvalue weighted by Crippen LogP contribution is 2.27. The van der Waals surface area contributed by atoms with Crippen molar-refractivity contribution in [3.8, 4) is 0 Å². The number of hydrogen-bond donors (Lipinski definition) is 1. The summed E-state index contributed by atoms with van der Waals surface area (Å²) in [6.07, 6.45) is 4.64. The van der Waals surface area contributed by atoms with Gasteiger partial charge in [-0.1, -0.05) is 40.2 Å². The number of carbonyl (C=O) groups is 3. The molecule has 1 heterocycles. The highest BCUT2D eigenvalue weighted by atomic mass is 16.5. The largest absolute Gasteiger partial charge is 0.463 e. The Morgan fingerprint density at radius 1 is 1.19 bits per heavy atom. The van der Waals surface area contributed by atoms with Gasteiger partial charge < -0.3 is 15.0 Å². The first-order valence-electron chi connectivity index (χ1n) is 12.0. The number of hydrogen-bond acceptors (Lipinski definition) is 5. The van der Waals surface area contributed by atoms with Crippen LogP contribution < -0.4 is 5.32 Å². The maximum Gasteiger partial charge on any atom is 0.333 e. The fourth-order valence-corrected chi connectivity index (χ4v) is 4.06. The van der Waals surface area contributed by atoms with Gasteiger partial charge in [-0.3, -0.25) is 14.5 Å². The van der Waals surface area contributed by atoms with E-state index in [2.05, 4.69) is 31.0 Å². The van der Waals surface area contributed by atoms with Crippen LogP contribution in [-0.2, 0) is 19.1 Å². The van der Waals surface area contributed by atoms with E-state index in [9.17, 15) is 14.4 Å². The van der Waals surface area contributed by atoms with Gasteiger partial charge in [-0.2, -0.15) is 0 Å². The van der Waals surface area contributed by atoms with Gasteiger partial charge in [0.05, 0.1) is 12.6 Å². The van der Waals surface area contributed by atoms with E-state index in [4.69, 9.17) is 4.74 Å². The predicted molar refractivity (Wildman–Crippen MR) is 128 cm³/mol. The van der Waals surface area contributed by atoms with Crippen LogP contribution in [0.2, 0.25) is 0 Å². The Morgan fingerprint density at radius 3 is 2.31 bits per heavy atom. The molecule has 0 bridgehead atoms. The summed E-state index contributed by atoms with van der Waals surface area (Å²) in [5.41, 5.74) is 0.00703. The number of likely N-dealkylation sites (tertiary alicyclic amines) is 1. The van der Waals surface area contributed by atoms with Crippen molar-refractivity contribution in [1.82, 2.24) is 15.1 Å². The van der Waals surface area contributed by atoms with E-state index in [0.29, 0.717) is 18.1 Å². The molecule has 1 aliphatic heterocycles. The summed E-state index contributed by atoms with van der Waals surface area (Å²) < 4.78 is 4.99. The Bertz CT molecular complexity index is 681. The zero-order valence-corrected chi connectivity index (χ0v) is 21.7. The van der Waals surface area contributed by atoms with E-state index < -0.39 is 11.5 Å². The van der Waals surface area contributed by atoms with Gasteiger partial charge in [0.25, 0.3) is 0 Å². The fourth-order valence-electron chi connectivity index (χ4n) is 4.06. The van der Waals surface area contributed by atoms with E-state index in [0.717, 1.165) is 25.8 Å². The predicted octanol–water partition coefficient (Wildman–Crippen LogP) is 3.38. The lowest BCUT2D eigenvalue weighted by molar-refractivity contribution is -0.140. The SMILES string of the molecule is CCOC(=O)/C(C)=C/CN(C)C(=O)C(NC(=O)C1CCC(CC)CN1C(C)C)C(C)(C)C. The Labute approximate surface area is 194 Å². The molecule has 0 radical (unpaired) electrons. The van der Waals surface area contributed by atoms with Crippen molar-refractivity contribution in [1.29, 1.82) is 0 Å². The van der Waals surface area contributed by atoms with Crippen molar-refractivity contribution < 1.29 is 19.1 Å².